The van der Waals surface area contributed by atoms with Crippen molar-refractivity contribution in [1.29, 1.82) is 0 Å². The minimum Gasteiger partial charge on any atom is -0.399 e. The van der Waals surface area contributed by atoms with Gasteiger partial charge in [0.2, 0.25) is 0 Å². The molecule has 1 heterocycles. The lowest BCUT2D eigenvalue weighted by Gasteiger charge is -2.39. The average molecular weight is 251 g/mol. The highest BCUT2D eigenvalue weighted by molar-refractivity contribution is 5.41. The minimum absolute atomic E-state index is 0.245. The largest absolute Gasteiger partial charge is 0.399 e. The summed E-state index contributed by atoms with van der Waals surface area (Å²) in [6.45, 7) is 9.47. The molecule has 100 valence electrons. The first-order chi connectivity index (χ1) is 8.58. The Hall–Kier alpha value is -1.13. The molecule has 0 saturated carbocycles. The van der Waals surface area contributed by atoms with Crippen molar-refractivity contribution in [1.82, 2.24) is 9.80 Å². The van der Waals surface area contributed by atoms with Gasteiger partial charge in [0.05, 0.1) is 0 Å². The van der Waals surface area contributed by atoms with Crippen molar-refractivity contribution < 1.29 is 4.39 Å². The molecule has 1 aromatic carbocycles. The second-order valence-electron chi connectivity index (χ2n) is 5.11. The van der Waals surface area contributed by atoms with Crippen molar-refractivity contribution in [2.75, 3.05) is 31.9 Å². The number of benzene rings is 1. The fraction of sp³-hybridized carbons (Fsp3) is 0.571. The van der Waals surface area contributed by atoms with Crippen LogP contribution in [0.1, 0.15) is 19.4 Å². The van der Waals surface area contributed by atoms with E-state index < -0.39 is 0 Å². The molecular formula is C14H22FN3. The molecule has 2 rings (SSSR count). The summed E-state index contributed by atoms with van der Waals surface area (Å²) in [6.07, 6.45) is 0. The monoisotopic (exact) mass is 251 g/mol. The molecule has 1 atom stereocenters. The second-order valence-corrected chi connectivity index (χ2v) is 5.11. The molecule has 0 aliphatic carbocycles. The highest BCUT2D eigenvalue weighted by atomic mass is 19.1. The molecule has 1 saturated heterocycles. The Morgan fingerprint density at radius 2 is 2.11 bits per heavy atom. The fourth-order valence-corrected chi connectivity index (χ4v) is 2.71. The SMILES string of the molecule is CCN1CCN(Cc2cc(N)cc(F)c2)CC1C. The summed E-state index contributed by atoms with van der Waals surface area (Å²) < 4.78 is 13.3. The Kier molecular flexibility index (Phi) is 4.19. The van der Waals surface area contributed by atoms with E-state index >= 15 is 0 Å². The Balaban J connectivity index is 1.98. The van der Waals surface area contributed by atoms with E-state index in [1.54, 1.807) is 6.07 Å². The van der Waals surface area contributed by atoms with E-state index in [4.69, 9.17) is 5.73 Å². The second kappa shape index (κ2) is 5.67. The summed E-state index contributed by atoms with van der Waals surface area (Å²) in [5.74, 6) is -0.245. The van der Waals surface area contributed by atoms with Crippen LogP contribution in [0.4, 0.5) is 10.1 Å². The summed E-state index contributed by atoms with van der Waals surface area (Å²) in [5.41, 5.74) is 7.14. The standard InChI is InChI=1S/C14H22FN3/c1-3-18-5-4-17(9-11(18)2)10-12-6-13(15)8-14(16)7-12/h6-8,11H,3-5,9-10,16H2,1-2H3. The van der Waals surface area contributed by atoms with Crippen LogP contribution >= 0.6 is 0 Å². The van der Waals surface area contributed by atoms with Crippen molar-refractivity contribution in [3.63, 3.8) is 0 Å². The van der Waals surface area contributed by atoms with Gasteiger partial charge in [-0.1, -0.05) is 6.92 Å². The van der Waals surface area contributed by atoms with Crippen LogP contribution in [-0.4, -0.2) is 42.0 Å². The molecule has 3 nitrogen and oxygen atoms in total. The van der Waals surface area contributed by atoms with Crippen molar-refractivity contribution in [3.8, 4) is 0 Å². The highest BCUT2D eigenvalue weighted by Gasteiger charge is 2.22. The van der Waals surface area contributed by atoms with Crippen LogP contribution in [0.2, 0.25) is 0 Å². The molecule has 1 aliphatic heterocycles. The first-order valence-electron chi connectivity index (χ1n) is 6.60. The third-order valence-corrected chi connectivity index (χ3v) is 3.64. The molecule has 0 bridgehead atoms. The number of halogens is 1. The maximum Gasteiger partial charge on any atom is 0.125 e. The zero-order chi connectivity index (χ0) is 13.1. The van der Waals surface area contributed by atoms with Gasteiger partial charge in [-0.05, 0) is 37.2 Å². The molecule has 0 amide bonds. The van der Waals surface area contributed by atoms with E-state index in [0.29, 0.717) is 11.7 Å². The molecule has 18 heavy (non-hydrogen) atoms. The first-order valence-corrected chi connectivity index (χ1v) is 6.60. The third kappa shape index (κ3) is 3.21. The summed E-state index contributed by atoms with van der Waals surface area (Å²) in [7, 11) is 0. The van der Waals surface area contributed by atoms with Gasteiger partial charge >= 0.3 is 0 Å². The predicted octanol–water partition coefficient (Wildman–Crippen LogP) is 1.93. The molecule has 0 spiro atoms. The number of rotatable bonds is 3. The zero-order valence-electron chi connectivity index (χ0n) is 11.2. The van der Waals surface area contributed by atoms with Crippen molar-refractivity contribution in [3.05, 3.63) is 29.6 Å². The lowest BCUT2D eigenvalue weighted by Crippen LogP contribution is -2.51. The molecule has 1 aliphatic rings. The van der Waals surface area contributed by atoms with Crippen molar-refractivity contribution >= 4 is 5.69 Å². The molecule has 0 radical (unpaired) electrons. The average Bonchev–Trinajstić information content (AvgIpc) is 2.27. The summed E-state index contributed by atoms with van der Waals surface area (Å²) >= 11 is 0. The van der Waals surface area contributed by atoms with Crippen molar-refractivity contribution in [2.45, 2.75) is 26.4 Å². The summed E-state index contributed by atoms with van der Waals surface area (Å²) in [5, 5.41) is 0. The quantitative estimate of drug-likeness (QED) is 0.833. The number of likely N-dealkylation sites (N-methyl/N-ethyl adjacent to an activating group) is 1. The van der Waals surface area contributed by atoms with Gasteiger partial charge in [0, 0.05) is 37.9 Å². The van der Waals surface area contributed by atoms with E-state index in [1.807, 2.05) is 6.07 Å². The van der Waals surface area contributed by atoms with Crippen LogP contribution in [-0.2, 0) is 6.54 Å². The molecule has 0 aromatic heterocycles. The lowest BCUT2D eigenvalue weighted by atomic mass is 10.1. The zero-order valence-corrected chi connectivity index (χ0v) is 11.2. The maximum atomic E-state index is 13.3. The van der Waals surface area contributed by atoms with E-state index in [2.05, 4.69) is 23.6 Å². The van der Waals surface area contributed by atoms with Gasteiger partial charge in [-0.15, -0.1) is 0 Å². The van der Waals surface area contributed by atoms with Gasteiger partial charge in [-0.2, -0.15) is 0 Å². The van der Waals surface area contributed by atoms with Gasteiger partial charge in [0.1, 0.15) is 5.82 Å². The molecular weight excluding hydrogens is 229 g/mol. The van der Waals surface area contributed by atoms with Crippen LogP contribution in [0, 0.1) is 5.82 Å². The van der Waals surface area contributed by atoms with Gasteiger partial charge in [0.15, 0.2) is 0 Å². The van der Waals surface area contributed by atoms with Crippen LogP contribution in [0.15, 0.2) is 18.2 Å². The molecule has 1 unspecified atom stereocenters. The molecule has 1 aromatic rings. The number of nitrogens with two attached hydrogens (primary N) is 1. The predicted molar refractivity (Wildman–Crippen MR) is 72.8 cm³/mol. The first kappa shape index (κ1) is 13.3. The van der Waals surface area contributed by atoms with E-state index in [1.165, 1.54) is 6.07 Å². The number of nitrogen functional groups attached to an aromatic ring is 1. The smallest absolute Gasteiger partial charge is 0.125 e. The number of hydrogen-bond donors (Lipinski definition) is 1. The minimum atomic E-state index is -0.245. The molecule has 1 fully saturated rings. The van der Waals surface area contributed by atoms with Crippen LogP contribution in [0.5, 0.6) is 0 Å². The van der Waals surface area contributed by atoms with Gasteiger partial charge < -0.3 is 5.73 Å². The molecule has 2 N–H and O–H groups in total. The summed E-state index contributed by atoms with van der Waals surface area (Å²) in [4.78, 5) is 4.83. The van der Waals surface area contributed by atoms with Gasteiger partial charge in [0.25, 0.3) is 0 Å². The fourth-order valence-electron chi connectivity index (χ4n) is 2.71. The van der Waals surface area contributed by atoms with Crippen molar-refractivity contribution in [2.24, 2.45) is 0 Å². The normalized spacial score (nSPS) is 22.3. The Bertz CT molecular complexity index is 388. The maximum absolute atomic E-state index is 13.3. The number of piperazine rings is 1. The van der Waals surface area contributed by atoms with E-state index in [0.717, 1.165) is 38.3 Å². The van der Waals surface area contributed by atoms with Gasteiger partial charge in [-0.3, -0.25) is 9.80 Å². The van der Waals surface area contributed by atoms with E-state index in [9.17, 15) is 4.39 Å². The summed E-state index contributed by atoms with van der Waals surface area (Å²) in [6, 6.07) is 5.36. The van der Waals surface area contributed by atoms with Crippen LogP contribution in [0.3, 0.4) is 0 Å². The molecule has 4 heteroatoms. The van der Waals surface area contributed by atoms with Gasteiger partial charge in [-0.25, -0.2) is 4.39 Å². The topological polar surface area (TPSA) is 32.5 Å². The Morgan fingerprint density at radius 1 is 1.33 bits per heavy atom. The number of nitrogens with zero attached hydrogens (tertiary/aromatic N) is 2. The lowest BCUT2D eigenvalue weighted by molar-refractivity contribution is 0.0834. The number of anilines is 1. The highest BCUT2D eigenvalue weighted by Crippen LogP contribution is 2.16. The third-order valence-electron chi connectivity index (χ3n) is 3.64. The number of hydrogen-bond acceptors (Lipinski definition) is 3. The Labute approximate surface area is 108 Å². The van der Waals surface area contributed by atoms with Crippen LogP contribution in [0.25, 0.3) is 0 Å². The van der Waals surface area contributed by atoms with Crippen LogP contribution < -0.4 is 5.73 Å². The van der Waals surface area contributed by atoms with E-state index in [-0.39, 0.29) is 5.82 Å². The Morgan fingerprint density at radius 3 is 2.72 bits per heavy atom.